The molecule has 0 aliphatic carbocycles. The zero-order chi connectivity index (χ0) is 37.5. The smallest absolute Gasteiger partial charge is 0.238 e. The first-order valence-electron chi connectivity index (χ1n) is 19.0. The highest BCUT2D eigenvalue weighted by Gasteiger charge is 2.22. The van der Waals surface area contributed by atoms with Gasteiger partial charge in [0.05, 0.1) is 16.4 Å². The van der Waals surface area contributed by atoms with Gasteiger partial charge in [-0.1, -0.05) is 133 Å². The molecule has 4 heterocycles. The quantitative estimate of drug-likeness (QED) is 0.176. The second-order valence-corrected chi connectivity index (χ2v) is 14.4. The molecule has 0 spiro atoms. The first-order chi connectivity index (χ1) is 28.2. The van der Waals surface area contributed by atoms with Crippen LogP contribution in [-0.2, 0) is 0 Å². The number of rotatable bonds is 5. The normalized spacial score (nSPS) is 11.9. The van der Waals surface area contributed by atoms with Crippen LogP contribution in [0.25, 0.3) is 117 Å². The van der Waals surface area contributed by atoms with E-state index in [-0.39, 0.29) is 0 Å². The zero-order valence-electron chi connectivity index (χ0n) is 30.4. The highest BCUT2D eigenvalue weighted by atomic mass is 16.3. The number of aromatic nitrogens is 4. The van der Waals surface area contributed by atoms with Gasteiger partial charge in [0.15, 0.2) is 11.6 Å². The minimum absolute atomic E-state index is 0.519. The predicted octanol–water partition coefficient (Wildman–Crippen LogP) is 13.4. The lowest BCUT2D eigenvalue weighted by atomic mass is 9.96. The van der Waals surface area contributed by atoms with Crippen molar-refractivity contribution >= 4 is 65.7 Å². The van der Waals surface area contributed by atoms with Gasteiger partial charge in [-0.3, -0.25) is 4.57 Å². The number of fused-ring (bicyclic) bond motifs is 10. The molecule has 0 aliphatic heterocycles. The van der Waals surface area contributed by atoms with E-state index in [4.69, 9.17) is 23.8 Å². The highest BCUT2D eigenvalue weighted by Crippen LogP contribution is 2.42. The van der Waals surface area contributed by atoms with Crippen LogP contribution in [0.3, 0.4) is 0 Å². The van der Waals surface area contributed by atoms with Crippen LogP contribution >= 0.6 is 0 Å². The van der Waals surface area contributed by atoms with E-state index in [0.29, 0.717) is 17.6 Å². The summed E-state index contributed by atoms with van der Waals surface area (Å²) in [6.45, 7) is 0. The Kier molecular flexibility index (Phi) is 6.83. The summed E-state index contributed by atoms with van der Waals surface area (Å²) in [5.74, 6) is 1.65. The van der Waals surface area contributed by atoms with Crippen molar-refractivity contribution < 1.29 is 8.83 Å². The van der Waals surface area contributed by atoms with E-state index in [1.165, 1.54) is 11.1 Å². The number of benzene rings is 8. The van der Waals surface area contributed by atoms with Crippen molar-refractivity contribution in [3.05, 3.63) is 182 Å². The Morgan fingerprint density at radius 2 is 1.02 bits per heavy atom. The molecule has 0 unspecified atom stereocenters. The van der Waals surface area contributed by atoms with Crippen LogP contribution < -0.4 is 0 Å². The van der Waals surface area contributed by atoms with E-state index in [2.05, 4.69) is 132 Å². The molecule has 0 atom stereocenters. The Hall–Kier alpha value is -7.83. The molecule has 57 heavy (non-hydrogen) atoms. The molecule has 12 aromatic rings. The average molecular weight is 731 g/mol. The number of hydrogen-bond donors (Lipinski definition) is 0. The molecule has 0 saturated carbocycles. The zero-order valence-corrected chi connectivity index (χ0v) is 30.4. The Morgan fingerprint density at radius 1 is 0.351 bits per heavy atom. The molecular weight excluding hydrogens is 701 g/mol. The number of para-hydroxylation sites is 2. The van der Waals surface area contributed by atoms with Crippen LogP contribution in [0.15, 0.2) is 191 Å². The van der Waals surface area contributed by atoms with E-state index in [9.17, 15) is 0 Å². The predicted molar refractivity (Wildman–Crippen MR) is 230 cm³/mol. The van der Waals surface area contributed by atoms with Crippen molar-refractivity contribution in [1.29, 1.82) is 0 Å². The summed E-state index contributed by atoms with van der Waals surface area (Å²) in [6, 6.07) is 62.6. The number of furan rings is 2. The van der Waals surface area contributed by atoms with Gasteiger partial charge in [-0.25, -0.2) is 4.98 Å². The molecule has 0 N–H and O–H groups in total. The van der Waals surface area contributed by atoms with Gasteiger partial charge >= 0.3 is 0 Å². The highest BCUT2D eigenvalue weighted by molar-refractivity contribution is 6.23. The summed E-state index contributed by atoms with van der Waals surface area (Å²) in [7, 11) is 0. The second-order valence-electron chi connectivity index (χ2n) is 14.4. The first kappa shape index (κ1) is 31.5. The second kappa shape index (κ2) is 12.3. The van der Waals surface area contributed by atoms with Gasteiger partial charge in [0.25, 0.3) is 0 Å². The fraction of sp³-hybridized carbons (Fsp3) is 0. The summed E-state index contributed by atoms with van der Waals surface area (Å²) in [5.41, 5.74) is 11.6. The molecule has 6 heteroatoms. The van der Waals surface area contributed by atoms with E-state index in [0.717, 1.165) is 87.9 Å². The van der Waals surface area contributed by atoms with Crippen LogP contribution in [-0.4, -0.2) is 19.5 Å². The largest absolute Gasteiger partial charge is 0.456 e. The third kappa shape index (κ3) is 4.94. The van der Waals surface area contributed by atoms with Gasteiger partial charge in [-0.15, -0.1) is 0 Å². The van der Waals surface area contributed by atoms with E-state index in [1.54, 1.807) is 0 Å². The van der Waals surface area contributed by atoms with Crippen molar-refractivity contribution in [3.8, 4) is 51.0 Å². The summed E-state index contributed by atoms with van der Waals surface area (Å²) >= 11 is 0. The Labute approximate surface area is 325 Å². The summed E-state index contributed by atoms with van der Waals surface area (Å²) in [6.07, 6.45) is 0. The van der Waals surface area contributed by atoms with Crippen LogP contribution in [0.2, 0.25) is 0 Å². The van der Waals surface area contributed by atoms with E-state index >= 15 is 0 Å². The lowest BCUT2D eigenvalue weighted by Gasteiger charge is -2.11. The summed E-state index contributed by atoms with van der Waals surface area (Å²) < 4.78 is 15.3. The molecule has 0 bridgehead atoms. The molecule has 0 aliphatic rings. The lowest BCUT2D eigenvalue weighted by Crippen LogP contribution is -2.06. The topological polar surface area (TPSA) is 69.9 Å². The third-order valence-electron chi connectivity index (χ3n) is 11.1. The van der Waals surface area contributed by atoms with Gasteiger partial charge in [0.1, 0.15) is 22.3 Å². The molecule has 12 rings (SSSR count). The fourth-order valence-electron chi connectivity index (χ4n) is 8.46. The summed E-state index contributed by atoms with van der Waals surface area (Å²) in [4.78, 5) is 15.5. The minimum Gasteiger partial charge on any atom is -0.456 e. The van der Waals surface area contributed by atoms with E-state index < -0.39 is 0 Å². The lowest BCUT2D eigenvalue weighted by molar-refractivity contribution is 0.669. The van der Waals surface area contributed by atoms with Crippen LogP contribution in [0.4, 0.5) is 0 Å². The molecule has 8 aromatic carbocycles. The third-order valence-corrected chi connectivity index (χ3v) is 11.1. The Morgan fingerprint density at radius 3 is 1.88 bits per heavy atom. The number of nitrogens with zero attached hydrogens (tertiary/aromatic N) is 4. The first-order valence-corrected chi connectivity index (χ1v) is 19.0. The van der Waals surface area contributed by atoms with Gasteiger partial charge in [0.2, 0.25) is 5.95 Å². The van der Waals surface area contributed by atoms with Gasteiger partial charge in [0, 0.05) is 38.1 Å². The SMILES string of the molecule is c1ccc(-c2cccc(-c3cccc4oc5cc(-c6nc(-c7ccccc7)nc(-n7c8ccccc8c8c9oc%10ccccc%10c9ccc87)n6)ccc5c34)c2)cc1. The average Bonchev–Trinajstić information content (AvgIpc) is 3.96. The maximum absolute atomic E-state index is 6.60. The molecular formula is C51H30N4O2. The maximum atomic E-state index is 6.60. The summed E-state index contributed by atoms with van der Waals surface area (Å²) in [5, 5.41) is 6.37. The molecule has 0 saturated heterocycles. The van der Waals surface area contributed by atoms with Crippen molar-refractivity contribution in [3.63, 3.8) is 0 Å². The molecule has 0 amide bonds. The molecule has 0 fully saturated rings. The monoisotopic (exact) mass is 730 g/mol. The van der Waals surface area contributed by atoms with Crippen LogP contribution in [0, 0.1) is 0 Å². The van der Waals surface area contributed by atoms with Gasteiger partial charge in [-0.05, 0) is 70.8 Å². The van der Waals surface area contributed by atoms with Crippen molar-refractivity contribution in [2.45, 2.75) is 0 Å². The Bertz CT molecular complexity index is 3530. The molecule has 4 aromatic heterocycles. The van der Waals surface area contributed by atoms with Crippen LogP contribution in [0.5, 0.6) is 0 Å². The maximum Gasteiger partial charge on any atom is 0.238 e. The van der Waals surface area contributed by atoms with Gasteiger partial charge < -0.3 is 8.83 Å². The Balaban J connectivity index is 1.05. The van der Waals surface area contributed by atoms with Crippen molar-refractivity contribution in [2.24, 2.45) is 0 Å². The number of hydrogen-bond acceptors (Lipinski definition) is 5. The van der Waals surface area contributed by atoms with Gasteiger partial charge in [-0.2, -0.15) is 9.97 Å². The molecule has 6 nitrogen and oxygen atoms in total. The van der Waals surface area contributed by atoms with Crippen molar-refractivity contribution in [2.75, 3.05) is 0 Å². The van der Waals surface area contributed by atoms with Crippen molar-refractivity contribution in [1.82, 2.24) is 19.5 Å². The fourth-order valence-corrected chi connectivity index (χ4v) is 8.46. The molecule has 266 valence electrons. The molecule has 0 radical (unpaired) electrons. The van der Waals surface area contributed by atoms with E-state index in [1.807, 2.05) is 54.6 Å². The minimum atomic E-state index is 0.519. The van der Waals surface area contributed by atoms with Crippen LogP contribution in [0.1, 0.15) is 0 Å². The standard InChI is InChI=1S/C51H30N4O2/c1-3-13-31(14-4-1)33-17-11-18-34(29-33)36-21-12-24-44-46(36)40-26-25-35(30-45(40)56-44)50-52-49(32-15-5-2-6-16-32)53-51(54-50)55-41-22-9-7-20-39(41)47-42(55)28-27-38-37-19-8-10-23-43(37)57-48(38)47/h1-30H.